The lowest BCUT2D eigenvalue weighted by atomic mass is 9.86. The largest absolute Gasteiger partial charge is 0.463 e. The highest BCUT2D eigenvalue weighted by Gasteiger charge is 2.39. The summed E-state index contributed by atoms with van der Waals surface area (Å²) in [5.41, 5.74) is 0.696. The third-order valence-electron chi connectivity index (χ3n) is 5.94. The summed E-state index contributed by atoms with van der Waals surface area (Å²) < 4.78 is 5.67. The Labute approximate surface area is 185 Å². The van der Waals surface area contributed by atoms with Crippen LogP contribution < -0.4 is 0 Å². The summed E-state index contributed by atoms with van der Waals surface area (Å²) in [4.78, 5) is 12.9. The molecule has 0 aromatic heterocycles. The van der Waals surface area contributed by atoms with E-state index in [0.29, 0.717) is 12.2 Å². The van der Waals surface area contributed by atoms with Crippen molar-refractivity contribution in [2.24, 2.45) is 11.8 Å². The molecule has 4 nitrogen and oxygen atoms in total. The van der Waals surface area contributed by atoms with Crippen molar-refractivity contribution in [2.75, 3.05) is 13.2 Å². The average molecular weight is 439 g/mol. The van der Waals surface area contributed by atoms with Crippen molar-refractivity contribution >= 4 is 14.0 Å². The van der Waals surface area contributed by atoms with Crippen LogP contribution in [0.2, 0.25) is 25.7 Å². The summed E-state index contributed by atoms with van der Waals surface area (Å²) in [6.45, 7) is 9.75. The monoisotopic (exact) mass is 438 g/mol. The molecule has 1 aliphatic carbocycles. The van der Waals surface area contributed by atoms with Crippen molar-refractivity contribution in [3.05, 3.63) is 23.8 Å². The minimum Gasteiger partial charge on any atom is -0.463 e. The zero-order valence-electron chi connectivity index (χ0n) is 19.9. The standard InChI is InChI=1S/C25H46O4Si/c1-5-6-11-15-22(25(28)29-19-20-30(2,3)4)24-21(16-17-23(24)27)14-12-9-7-8-10-13-18-26/h12,14-15,21,23-24,26-27H,5-11,13,16-20H2,1-4H3/t21-,23-,24?/m1/s1. The molecule has 0 heterocycles. The van der Waals surface area contributed by atoms with Crippen LogP contribution >= 0.6 is 0 Å². The summed E-state index contributed by atoms with van der Waals surface area (Å²) >= 11 is 0. The number of carbonyl (C=O) groups excluding carboxylic acids is 1. The highest BCUT2D eigenvalue weighted by atomic mass is 28.3. The average Bonchev–Trinajstić information content (AvgIpc) is 3.03. The fourth-order valence-electron chi connectivity index (χ4n) is 4.01. The topological polar surface area (TPSA) is 66.8 Å². The molecule has 1 aliphatic rings. The lowest BCUT2D eigenvalue weighted by molar-refractivity contribution is -0.139. The van der Waals surface area contributed by atoms with E-state index < -0.39 is 14.2 Å². The second kappa shape index (κ2) is 15.0. The summed E-state index contributed by atoms with van der Waals surface area (Å²) in [5, 5.41) is 19.5. The number of allylic oxidation sites excluding steroid dienone is 3. The fourth-order valence-corrected chi connectivity index (χ4v) is 4.72. The molecule has 30 heavy (non-hydrogen) atoms. The van der Waals surface area contributed by atoms with Crippen molar-refractivity contribution in [1.82, 2.24) is 0 Å². The molecule has 1 saturated carbocycles. The SMILES string of the molecule is CCCCC=C(C(=O)OCC[Si](C)(C)C)C1[C@H](O)CC[C@H]1C=CCCCCCCO. The molecule has 1 rings (SSSR count). The van der Waals surface area contributed by atoms with Gasteiger partial charge in [-0.25, -0.2) is 4.79 Å². The maximum Gasteiger partial charge on any atom is 0.334 e. The number of hydrogen-bond donors (Lipinski definition) is 2. The van der Waals surface area contributed by atoms with Crippen molar-refractivity contribution in [1.29, 1.82) is 0 Å². The third-order valence-corrected chi connectivity index (χ3v) is 7.64. The number of hydrogen-bond acceptors (Lipinski definition) is 4. The van der Waals surface area contributed by atoms with Crippen LogP contribution in [0.5, 0.6) is 0 Å². The van der Waals surface area contributed by atoms with Gasteiger partial charge in [0.25, 0.3) is 0 Å². The first-order valence-electron chi connectivity index (χ1n) is 12.1. The lowest BCUT2D eigenvalue weighted by Gasteiger charge is -2.23. The molecule has 0 saturated heterocycles. The van der Waals surface area contributed by atoms with Gasteiger partial charge in [-0.3, -0.25) is 0 Å². The molecule has 0 aromatic rings. The maximum absolute atomic E-state index is 12.9. The van der Waals surface area contributed by atoms with Crippen LogP contribution in [-0.4, -0.2) is 43.6 Å². The van der Waals surface area contributed by atoms with Gasteiger partial charge in [-0.15, -0.1) is 0 Å². The van der Waals surface area contributed by atoms with Gasteiger partial charge in [0.15, 0.2) is 0 Å². The van der Waals surface area contributed by atoms with Crippen molar-refractivity contribution in [2.45, 2.75) is 103 Å². The quantitative estimate of drug-likeness (QED) is 0.110. The molecule has 2 N–H and O–H groups in total. The Morgan fingerprint density at radius 1 is 1.07 bits per heavy atom. The fraction of sp³-hybridized carbons (Fsp3) is 0.800. The number of carbonyl (C=O) groups is 1. The van der Waals surface area contributed by atoms with E-state index in [-0.39, 0.29) is 24.4 Å². The Morgan fingerprint density at radius 3 is 2.47 bits per heavy atom. The van der Waals surface area contributed by atoms with Gasteiger partial charge in [-0.05, 0) is 50.5 Å². The van der Waals surface area contributed by atoms with E-state index >= 15 is 0 Å². The summed E-state index contributed by atoms with van der Waals surface area (Å²) in [6, 6.07) is 0.966. The van der Waals surface area contributed by atoms with Gasteiger partial charge in [-0.2, -0.15) is 0 Å². The van der Waals surface area contributed by atoms with Crippen LogP contribution in [0.3, 0.4) is 0 Å². The van der Waals surface area contributed by atoms with Crippen molar-refractivity contribution < 1.29 is 19.7 Å². The van der Waals surface area contributed by atoms with Gasteiger partial charge < -0.3 is 14.9 Å². The molecular weight excluding hydrogens is 392 g/mol. The second-order valence-corrected chi connectivity index (χ2v) is 15.6. The second-order valence-electron chi connectivity index (χ2n) is 9.94. The normalized spacial score (nSPS) is 22.7. The zero-order chi connectivity index (χ0) is 22.4. The van der Waals surface area contributed by atoms with Gasteiger partial charge in [0.1, 0.15) is 0 Å². The van der Waals surface area contributed by atoms with Crippen molar-refractivity contribution in [3.8, 4) is 0 Å². The van der Waals surface area contributed by atoms with E-state index in [4.69, 9.17) is 9.84 Å². The molecule has 1 fully saturated rings. The highest BCUT2D eigenvalue weighted by molar-refractivity contribution is 6.76. The van der Waals surface area contributed by atoms with E-state index in [1.807, 2.05) is 6.08 Å². The third kappa shape index (κ3) is 10.9. The van der Waals surface area contributed by atoms with Gasteiger partial charge in [0.2, 0.25) is 0 Å². The Bertz CT molecular complexity index is 536. The molecular formula is C25H46O4Si. The van der Waals surface area contributed by atoms with Gasteiger partial charge >= 0.3 is 5.97 Å². The minimum absolute atomic E-state index is 0.146. The highest BCUT2D eigenvalue weighted by Crippen LogP contribution is 2.39. The molecule has 3 atom stereocenters. The van der Waals surface area contributed by atoms with E-state index in [0.717, 1.165) is 70.3 Å². The number of unbranched alkanes of at least 4 members (excludes halogenated alkanes) is 6. The number of aliphatic hydroxyl groups excluding tert-OH is 2. The lowest BCUT2D eigenvalue weighted by Crippen LogP contribution is -2.28. The van der Waals surface area contributed by atoms with Crippen LogP contribution in [-0.2, 0) is 9.53 Å². The Hall–Kier alpha value is -0.913. The van der Waals surface area contributed by atoms with Gasteiger partial charge in [0, 0.05) is 26.2 Å². The molecule has 174 valence electrons. The first-order valence-corrected chi connectivity index (χ1v) is 15.8. The van der Waals surface area contributed by atoms with Gasteiger partial charge in [-0.1, -0.05) is 70.5 Å². The van der Waals surface area contributed by atoms with Crippen LogP contribution in [0.25, 0.3) is 0 Å². The summed E-state index contributed by atoms with van der Waals surface area (Å²) in [6.07, 6.45) is 15.9. The van der Waals surface area contributed by atoms with Crippen molar-refractivity contribution in [3.63, 3.8) is 0 Å². The van der Waals surface area contributed by atoms with Crippen LogP contribution in [0, 0.1) is 11.8 Å². The van der Waals surface area contributed by atoms with E-state index in [1.165, 1.54) is 0 Å². The first kappa shape index (κ1) is 27.1. The number of ether oxygens (including phenoxy) is 1. The molecule has 0 radical (unpaired) electrons. The molecule has 0 bridgehead atoms. The molecule has 0 aliphatic heterocycles. The Balaban J connectivity index is 2.75. The number of rotatable bonds is 15. The maximum atomic E-state index is 12.9. The van der Waals surface area contributed by atoms with E-state index in [9.17, 15) is 9.90 Å². The van der Waals surface area contributed by atoms with Crippen LogP contribution in [0.1, 0.15) is 71.1 Å². The molecule has 0 aromatic carbocycles. The summed E-state index contributed by atoms with van der Waals surface area (Å²) in [7, 11) is -1.25. The van der Waals surface area contributed by atoms with Crippen LogP contribution in [0.15, 0.2) is 23.8 Å². The number of esters is 1. The first-order chi connectivity index (χ1) is 14.3. The molecule has 5 heteroatoms. The molecule has 0 amide bonds. The van der Waals surface area contributed by atoms with Gasteiger partial charge in [0.05, 0.1) is 12.7 Å². The smallest absolute Gasteiger partial charge is 0.334 e. The predicted molar refractivity (Wildman–Crippen MR) is 128 cm³/mol. The predicted octanol–water partition coefficient (Wildman–Crippen LogP) is 5.87. The van der Waals surface area contributed by atoms with Crippen LogP contribution in [0.4, 0.5) is 0 Å². The van der Waals surface area contributed by atoms with E-state index in [2.05, 4.69) is 38.7 Å². The summed E-state index contributed by atoms with van der Waals surface area (Å²) in [5.74, 6) is -0.167. The van der Waals surface area contributed by atoms with E-state index in [1.54, 1.807) is 0 Å². The molecule has 0 spiro atoms. The zero-order valence-corrected chi connectivity index (χ0v) is 20.9. The number of aliphatic hydroxyl groups is 2. The Morgan fingerprint density at radius 2 is 1.80 bits per heavy atom. The minimum atomic E-state index is -1.25. The molecule has 1 unspecified atom stereocenters. The Kier molecular flexibility index (Phi) is 13.5.